The van der Waals surface area contributed by atoms with Gasteiger partial charge in [-0.25, -0.2) is 18.4 Å². The average Bonchev–Trinajstić information content (AvgIpc) is 3.58. The first-order chi connectivity index (χ1) is 15.4. The maximum atomic E-state index is 12.8. The van der Waals surface area contributed by atoms with E-state index < -0.39 is 10.0 Å². The monoisotopic (exact) mass is 471 g/mol. The van der Waals surface area contributed by atoms with Gasteiger partial charge < -0.3 is 10.1 Å². The van der Waals surface area contributed by atoms with Gasteiger partial charge in [0.15, 0.2) is 0 Å². The van der Waals surface area contributed by atoms with Crippen molar-refractivity contribution < 1.29 is 13.2 Å². The van der Waals surface area contributed by atoms with Crippen LogP contribution >= 0.6 is 11.6 Å². The molecule has 1 saturated carbocycles. The van der Waals surface area contributed by atoms with E-state index in [2.05, 4.69) is 21.4 Å². The topological polar surface area (TPSA) is 108 Å². The maximum Gasteiger partial charge on any atom is 0.221 e. The van der Waals surface area contributed by atoms with E-state index in [1.165, 1.54) is 6.33 Å². The third-order valence-electron chi connectivity index (χ3n) is 6.12. The van der Waals surface area contributed by atoms with Gasteiger partial charge in [-0.1, -0.05) is 23.8 Å². The second-order valence-corrected chi connectivity index (χ2v) is 10.9. The molecule has 2 atom stereocenters. The summed E-state index contributed by atoms with van der Waals surface area (Å²) in [6.07, 6.45) is 7.95. The predicted octanol–water partition coefficient (Wildman–Crippen LogP) is 3.70. The average molecular weight is 472 g/mol. The lowest BCUT2D eigenvalue weighted by molar-refractivity contribution is 0.0983. The smallest absolute Gasteiger partial charge is 0.221 e. The van der Waals surface area contributed by atoms with Crippen LogP contribution in [0.15, 0.2) is 36.7 Å². The third kappa shape index (κ3) is 3.83. The molecule has 2 fully saturated rings. The Hall–Kier alpha value is -2.67. The van der Waals surface area contributed by atoms with Gasteiger partial charge in [-0.2, -0.15) is 9.57 Å². The molecule has 0 spiro atoms. The quantitative estimate of drug-likeness (QED) is 0.640. The Balaban J connectivity index is 1.31. The van der Waals surface area contributed by atoms with Crippen LogP contribution in [-0.4, -0.2) is 46.1 Å². The van der Waals surface area contributed by atoms with Crippen molar-refractivity contribution in [3.05, 3.63) is 52.8 Å². The van der Waals surface area contributed by atoms with Crippen LogP contribution in [0.1, 0.15) is 36.8 Å². The summed E-state index contributed by atoms with van der Waals surface area (Å²) in [6, 6.07) is 6.71. The number of aromatic nitrogens is 2. The molecule has 0 radical (unpaired) electrons. The molecule has 10 heteroatoms. The van der Waals surface area contributed by atoms with Crippen LogP contribution in [0.4, 0.5) is 11.5 Å². The van der Waals surface area contributed by atoms with E-state index >= 15 is 0 Å². The van der Waals surface area contributed by atoms with Crippen LogP contribution in [-0.2, 0) is 10.0 Å². The molecule has 1 aromatic carbocycles. The molecule has 5 rings (SSSR count). The summed E-state index contributed by atoms with van der Waals surface area (Å²) in [4.78, 5) is 8.60. The number of fused-ring (bicyclic) bond motifs is 2. The zero-order valence-electron chi connectivity index (χ0n) is 17.4. The van der Waals surface area contributed by atoms with Gasteiger partial charge in [0.25, 0.3) is 0 Å². The summed E-state index contributed by atoms with van der Waals surface area (Å²) in [7, 11) is -3.23. The second kappa shape index (κ2) is 8.03. The van der Waals surface area contributed by atoms with Crippen LogP contribution in [0.5, 0.6) is 5.88 Å². The van der Waals surface area contributed by atoms with Crippen molar-refractivity contribution in [2.75, 3.05) is 5.32 Å². The van der Waals surface area contributed by atoms with Gasteiger partial charge in [-0.05, 0) is 38.0 Å². The summed E-state index contributed by atoms with van der Waals surface area (Å²) in [5.74, 6) is 1.01. The number of ether oxygens (including phenoxy) is 1. The number of hydrogen-bond donors (Lipinski definition) is 1. The Morgan fingerprint density at radius 1 is 1.22 bits per heavy atom. The Kier molecular flexibility index (Phi) is 5.32. The van der Waals surface area contributed by atoms with E-state index in [1.807, 2.05) is 19.1 Å². The lowest BCUT2D eigenvalue weighted by atomic mass is 10.0. The number of sulfonamides is 1. The predicted molar refractivity (Wildman–Crippen MR) is 120 cm³/mol. The Morgan fingerprint density at radius 3 is 2.56 bits per heavy atom. The molecule has 166 valence electrons. The lowest BCUT2D eigenvalue weighted by Gasteiger charge is -2.38. The summed E-state index contributed by atoms with van der Waals surface area (Å²) >= 11 is 6.27. The fraction of sp³-hybridized carbons (Fsp3) is 0.409. The van der Waals surface area contributed by atoms with Crippen LogP contribution in [0, 0.1) is 18.3 Å². The lowest BCUT2D eigenvalue weighted by Crippen LogP contribution is -2.50. The number of rotatable bonds is 6. The van der Waals surface area contributed by atoms with Gasteiger partial charge in [-0.3, -0.25) is 0 Å². The third-order valence-corrected chi connectivity index (χ3v) is 8.88. The minimum Gasteiger partial charge on any atom is -0.474 e. The Bertz CT molecular complexity index is 1220. The van der Waals surface area contributed by atoms with E-state index in [0.29, 0.717) is 40.8 Å². The van der Waals surface area contributed by atoms with Crippen molar-refractivity contribution >= 4 is 33.1 Å². The van der Waals surface area contributed by atoms with Gasteiger partial charge >= 0.3 is 0 Å². The number of halogens is 1. The molecule has 3 aliphatic rings. The van der Waals surface area contributed by atoms with Crippen molar-refractivity contribution in [2.24, 2.45) is 0 Å². The summed E-state index contributed by atoms with van der Waals surface area (Å²) in [6.45, 7) is 1.86. The van der Waals surface area contributed by atoms with Gasteiger partial charge in [0.2, 0.25) is 15.9 Å². The van der Waals surface area contributed by atoms with Crippen molar-refractivity contribution in [3.63, 3.8) is 0 Å². The highest BCUT2D eigenvalue weighted by Crippen LogP contribution is 2.41. The molecule has 8 nitrogen and oxygen atoms in total. The molecule has 32 heavy (non-hydrogen) atoms. The van der Waals surface area contributed by atoms with Crippen molar-refractivity contribution in [1.29, 1.82) is 5.26 Å². The molecular weight excluding hydrogens is 450 g/mol. The van der Waals surface area contributed by atoms with Gasteiger partial charge in [-0.15, -0.1) is 0 Å². The molecule has 1 aliphatic carbocycles. The summed E-state index contributed by atoms with van der Waals surface area (Å²) < 4.78 is 33.5. The highest BCUT2D eigenvalue weighted by Gasteiger charge is 2.50. The number of benzene rings is 1. The number of nitrogens with zero attached hydrogens (tertiary/aromatic N) is 4. The number of nitriles is 1. The fourth-order valence-electron chi connectivity index (χ4n) is 4.33. The molecule has 3 heterocycles. The zero-order valence-corrected chi connectivity index (χ0v) is 19.0. The van der Waals surface area contributed by atoms with Crippen LogP contribution in [0.2, 0.25) is 5.02 Å². The van der Waals surface area contributed by atoms with Crippen LogP contribution < -0.4 is 10.1 Å². The maximum absolute atomic E-state index is 12.8. The van der Waals surface area contributed by atoms with Crippen molar-refractivity contribution in [2.45, 2.75) is 56.0 Å². The van der Waals surface area contributed by atoms with Gasteiger partial charge in [0, 0.05) is 24.9 Å². The molecule has 0 unspecified atom stereocenters. The molecule has 1 aromatic heterocycles. The van der Waals surface area contributed by atoms with E-state index in [9.17, 15) is 8.42 Å². The number of anilines is 2. The number of piperidine rings is 1. The SMILES string of the molecule is Cc1c(Nc2ccc(C#N)cc2Cl)ncnc1OC1C[C@@H]2C=C[C@@H](C1)N2S(=O)(=O)C1CC1. The Morgan fingerprint density at radius 2 is 1.94 bits per heavy atom. The fourth-order valence-corrected chi connectivity index (χ4v) is 6.71. The first-order valence-corrected chi connectivity index (χ1v) is 12.4. The first kappa shape index (κ1) is 21.2. The zero-order chi connectivity index (χ0) is 22.5. The first-order valence-electron chi connectivity index (χ1n) is 10.5. The molecule has 2 aromatic rings. The molecule has 2 aliphatic heterocycles. The minimum atomic E-state index is -3.23. The molecule has 1 N–H and O–H groups in total. The van der Waals surface area contributed by atoms with Crippen molar-refractivity contribution in [1.82, 2.24) is 14.3 Å². The van der Waals surface area contributed by atoms with Gasteiger partial charge in [0.05, 0.1) is 33.2 Å². The van der Waals surface area contributed by atoms with Crippen LogP contribution in [0.3, 0.4) is 0 Å². The second-order valence-electron chi connectivity index (χ2n) is 8.39. The number of hydrogen-bond acceptors (Lipinski definition) is 7. The van der Waals surface area contributed by atoms with Crippen molar-refractivity contribution in [3.8, 4) is 11.9 Å². The number of nitrogens with one attached hydrogen (secondary N) is 1. The highest BCUT2D eigenvalue weighted by atomic mass is 35.5. The molecule has 0 amide bonds. The minimum absolute atomic E-state index is 0.148. The Labute approximate surface area is 191 Å². The van der Waals surface area contributed by atoms with E-state index in [4.69, 9.17) is 21.6 Å². The summed E-state index contributed by atoms with van der Waals surface area (Å²) in [5, 5.41) is 12.4. The standard InChI is InChI=1S/C22H22ClN5O3S/c1-13-21(27-20-7-2-14(11-24)8-19(20)23)25-12-26-22(13)31-17-9-15-3-4-16(10-17)28(15)32(29,30)18-5-6-18/h2-4,7-8,12,15-18H,5-6,9-10H2,1H3,(H,25,26,27)/t15-,16-/m0/s1. The van der Waals surface area contributed by atoms with E-state index in [0.717, 1.165) is 18.4 Å². The summed E-state index contributed by atoms with van der Waals surface area (Å²) in [5.41, 5.74) is 1.82. The molecule has 2 bridgehead atoms. The van der Waals surface area contributed by atoms with E-state index in [-0.39, 0.29) is 23.4 Å². The van der Waals surface area contributed by atoms with Gasteiger partial charge in [0.1, 0.15) is 18.2 Å². The van der Waals surface area contributed by atoms with Crippen LogP contribution in [0.25, 0.3) is 0 Å². The highest BCUT2D eigenvalue weighted by molar-refractivity contribution is 7.90. The normalized spacial score (nSPS) is 24.8. The molecular formula is C22H22ClN5O3S. The molecule has 1 saturated heterocycles. The van der Waals surface area contributed by atoms with E-state index in [1.54, 1.807) is 22.5 Å². The largest absolute Gasteiger partial charge is 0.474 e.